The van der Waals surface area contributed by atoms with Crippen LogP contribution in [-0.2, 0) is 16.1 Å². The van der Waals surface area contributed by atoms with Crippen molar-refractivity contribution in [1.29, 1.82) is 0 Å². The van der Waals surface area contributed by atoms with E-state index in [1.807, 2.05) is 30.3 Å². The van der Waals surface area contributed by atoms with E-state index in [1.54, 1.807) is 25.1 Å². The van der Waals surface area contributed by atoms with Crippen molar-refractivity contribution in [3.8, 4) is 11.5 Å². The lowest BCUT2D eigenvalue weighted by Gasteiger charge is -2.17. The van der Waals surface area contributed by atoms with Gasteiger partial charge in [-0.15, -0.1) is 0 Å². The number of hydrogen-bond donors (Lipinski definition) is 0. The van der Waals surface area contributed by atoms with Gasteiger partial charge in [-0.05, 0) is 37.1 Å². The van der Waals surface area contributed by atoms with E-state index >= 15 is 0 Å². The first-order chi connectivity index (χ1) is 12.3. The van der Waals surface area contributed by atoms with Crippen molar-refractivity contribution in [2.24, 2.45) is 0 Å². The average Bonchev–Trinajstić information content (AvgIpc) is 3.15. The molecule has 1 unspecified atom stereocenters. The first kappa shape index (κ1) is 17.3. The van der Waals surface area contributed by atoms with Gasteiger partial charge in [-0.1, -0.05) is 30.3 Å². The summed E-state index contributed by atoms with van der Waals surface area (Å²) < 4.78 is 22.4. The van der Waals surface area contributed by atoms with Gasteiger partial charge < -0.3 is 18.9 Å². The molecule has 0 radical (unpaired) electrons. The Balaban J connectivity index is 1.77. The minimum absolute atomic E-state index is 0.309. The summed E-state index contributed by atoms with van der Waals surface area (Å²) in [6.07, 6.45) is 1.47. The van der Waals surface area contributed by atoms with Gasteiger partial charge in [-0.3, -0.25) is 0 Å². The second-order valence-corrected chi connectivity index (χ2v) is 5.72. The molecule has 0 N–H and O–H groups in total. The molecule has 25 heavy (non-hydrogen) atoms. The summed E-state index contributed by atoms with van der Waals surface area (Å²) in [5.74, 6) is 0.690. The number of carbonyl (C=O) groups is 1. The largest absolute Gasteiger partial charge is 0.485 e. The Hall–Kier alpha value is -2.53. The van der Waals surface area contributed by atoms with Crippen LogP contribution >= 0.6 is 0 Å². The summed E-state index contributed by atoms with van der Waals surface area (Å²) in [4.78, 5) is 12.0. The van der Waals surface area contributed by atoms with Crippen LogP contribution < -0.4 is 9.47 Å². The van der Waals surface area contributed by atoms with Crippen molar-refractivity contribution in [1.82, 2.24) is 0 Å². The van der Waals surface area contributed by atoms with Crippen molar-refractivity contribution < 1.29 is 23.7 Å². The summed E-state index contributed by atoms with van der Waals surface area (Å²) in [6.45, 7) is 3.20. The zero-order valence-electron chi connectivity index (χ0n) is 14.3. The van der Waals surface area contributed by atoms with Crippen LogP contribution in [0, 0.1) is 0 Å². The second-order valence-electron chi connectivity index (χ2n) is 5.72. The van der Waals surface area contributed by atoms with Crippen molar-refractivity contribution >= 4 is 5.97 Å². The first-order valence-electron chi connectivity index (χ1n) is 8.52. The zero-order chi connectivity index (χ0) is 17.5. The number of ether oxygens (including phenoxy) is 4. The molecule has 1 aliphatic rings. The molecule has 2 aromatic rings. The van der Waals surface area contributed by atoms with Crippen LogP contribution in [0.1, 0.15) is 35.7 Å². The van der Waals surface area contributed by atoms with E-state index in [4.69, 9.17) is 18.9 Å². The molecule has 2 aromatic carbocycles. The van der Waals surface area contributed by atoms with Crippen molar-refractivity contribution in [2.75, 3.05) is 13.2 Å². The number of esters is 1. The maximum absolute atomic E-state index is 12.0. The van der Waals surface area contributed by atoms with E-state index in [1.165, 1.54) is 0 Å². The van der Waals surface area contributed by atoms with Crippen LogP contribution in [0.4, 0.5) is 0 Å². The molecule has 0 aromatic heterocycles. The summed E-state index contributed by atoms with van der Waals surface area (Å²) >= 11 is 0. The van der Waals surface area contributed by atoms with Crippen molar-refractivity contribution in [3.05, 3.63) is 59.7 Å². The molecular weight excluding hydrogens is 320 g/mol. The molecule has 0 spiro atoms. The van der Waals surface area contributed by atoms with Gasteiger partial charge in [0.05, 0.1) is 18.8 Å². The molecule has 1 atom stereocenters. The van der Waals surface area contributed by atoms with E-state index in [2.05, 4.69) is 0 Å². The third kappa shape index (κ3) is 4.73. The van der Waals surface area contributed by atoms with Crippen LogP contribution in [0.3, 0.4) is 0 Å². The third-order valence-electron chi connectivity index (χ3n) is 3.84. The van der Waals surface area contributed by atoms with Crippen LogP contribution in [0.5, 0.6) is 11.5 Å². The van der Waals surface area contributed by atoms with Gasteiger partial charge in [0.2, 0.25) is 0 Å². The predicted molar refractivity (Wildman–Crippen MR) is 92.8 cm³/mol. The highest BCUT2D eigenvalue weighted by molar-refractivity contribution is 5.90. The van der Waals surface area contributed by atoms with Crippen molar-refractivity contribution in [2.45, 2.75) is 32.7 Å². The molecule has 1 aliphatic heterocycles. The normalized spacial score (nSPS) is 16.4. The monoisotopic (exact) mass is 342 g/mol. The second kappa shape index (κ2) is 8.53. The third-order valence-corrected chi connectivity index (χ3v) is 3.84. The molecule has 0 saturated carbocycles. The molecular formula is C20H22O5. The Bertz CT molecular complexity index is 692. The average molecular weight is 342 g/mol. The minimum Gasteiger partial charge on any atom is -0.485 e. The van der Waals surface area contributed by atoms with Gasteiger partial charge in [-0.25, -0.2) is 4.79 Å². The molecule has 1 fully saturated rings. The SMILES string of the molecule is CCOC(=O)c1ccc(OCc2ccccc2)c(OC2CCCO2)c1. The molecule has 0 amide bonds. The standard InChI is InChI=1S/C20H22O5/c1-2-22-20(21)16-10-11-17(24-14-15-7-4-3-5-8-15)18(13-16)25-19-9-6-12-23-19/h3-5,7-8,10-11,13,19H,2,6,9,12,14H2,1H3. The molecule has 0 aliphatic carbocycles. The lowest BCUT2D eigenvalue weighted by atomic mass is 10.2. The quantitative estimate of drug-likeness (QED) is 0.713. The van der Waals surface area contributed by atoms with Crippen LogP contribution in [-0.4, -0.2) is 25.5 Å². The van der Waals surface area contributed by atoms with Crippen molar-refractivity contribution in [3.63, 3.8) is 0 Å². The highest BCUT2D eigenvalue weighted by Gasteiger charge is 2.20. The molecule has 3 rings (SSSR count). The minimum atomic E-state index is -0.380. The Kier molecular flexibility index (Phi) is 5.90. The van der Waals surface area contributed by atoms with E-state index in [0.29, 0.717) is 36.9 Å². The Labute approximate surface area is 147 Å². The maximum atomic E-state index is 12.0. The molecule has 1 saturated heterocycles. The number of hydrogen-bond acceptors (Lipinski definition) is 5. The number of benzene rings is 2. The van der Waals surface area contributed by atoms with Gasteiger partial charge in [-0.2, -0.15) is 0 Å². The zero-order valence-corrected chi connectivity index (χ0v) is 14.3. The smallest absolute Gasteiger partial charge is 0.338 e. The Morgan fingerprint density at radius 2 is 2.00 bits per heavy atom. The van der Waals surface area contributed by atoms with Gasteiger partial charge in [0.15, 0.2) is 17.8 Å². The fourth-order valence-electron chi connectivity index (χ4n) is 2.58. The van der Waals surface area contributed by atoms with E-state index in [0.717, 1.165) is 18.4 Å². The summed E-state index contributed by atoms with van der Waals surface area (Å²) in [5, 5.41) is 0. The number of carbonyl (C=O) groups excluding carboxylic acids is 1. The van der Waals surface area contributed by atoms with Gasteiger partial charge in [0.25, 0.3) is 0 Å². The highest BCUT2D eigenvalue weighted by Crippen LogP contribution is 2.32. The lowest BCUT2D eigenvalue weighted by Crippen LogP contribution is -2.15. The van der Waals surface area contributed by atoms with E-state index < -0.39 is 0 Å². The highest BCUT2D eigenvalue weighted by atomic mass is 16.7. The van der Waals surface area contributed by atoms with Crippen LogP contribution in [0.25, 0.3) is 0 Å². The topological polar surface area (TPSA) is 54.0 Å². The number of rotatable bonds is 7. The molecule has 132 valence electrons. The molecule has 0 bridgehead atoms. The fraction of sp³-hybridized carbons (Fsp3) is 0.350. The van der Waals surface area contributed by atoms with Gasteiger partial charge >= 0.3 is 5.97 Å². The first-order valence-corrected chi connectivity index (χ1v) is 8.52. The lowest BCUT2D eigenvalue weighted by molar-refractivity contribution is -0.0407. The summed E-state index contributed by atoms with van der Waals surface area (Å²) in [6, 6.07) is 14.9. The fourth-order valence-corrected chi connectivity index (χ4v) is 2.58. The Morgan fingerprint density at radius 3 is 2.72 bits per heavy atom. The maximum Gasteiger partial charge on any atom is 0.338 e. The predicted octanol–water partition coefficient (Wildman–Crippen LogP) is 3.96. The molecule has 1 heterocycles. The van der Waals surface area contributed by atoms with E-state index in [-0.39, 0.29) is 12.3 Å². The van der Waals surface area contributed by atoms with Gasteiger partial charge in [0, 0.05) is 6.42 Å². The van der Waals surface area contributed by atoms with Crippen LogP contribution in [0.2, 0.25) is 0 Å². The summed E-state index contributed by atoms with van der Waals surface area (Å²) in [7, 11) is 0. The Morgan fingerprint density at radius 1 is 1.16 bits per heavy atom. The van der Waals surface area contributed by atoms with Gasteiger partial charge in [0.1, 0.15) is 6.61 Å². The summed E-state index contributed by atoms with van der Waals surface area (Å²) in [5.41, 5.74) is 1.49. The molecule has 5 nitrogen and oxygen atoms in total. The van der Waals surface area contributed by atoms with Crippen LogP contribution in [0.15, 0.2) is 48.5 Å². The molecule has 5 heteroatoms. The van der Waals surface area contributed by atoms with E-state index in [9.17, 15) is 4.79 Å².